The lowest BCUT2D eigenvalue weighted by atomic mass is 10.1. The fourth-order valence-electron chi connectivity index (χ4n) is 2.26. The fraction of sp³-hybridized carbons (Fsp3) is 0.923. The van der Waals surface area contributed by atoms with Gasteiger partial charge in [-0.2, -0.15) is 0 Å². The van der Waals surface area contributed by atoms with Crippen molar-refractivity contribution in [3.63, 3.8) is 0 Å². The molecule has 5 nitrogen and oxygen atoms in total. The third kappa shape index (κ3) is 4.92. The van der Waals surface area contributed by atoms with E-state index in [1.807, 2.05) is 4.90 Å². The van der Waals surface area contributed by atoms with Crippen LogP contribution in [-0.2, 0) is 4.79 Å². The second kappa shape index (κ2) is 7.71. The van der Waals surface area contributed by atoms with E-state index in [0.29, 0.717) is 13.0 Å². The number of carbonyl (C=O) groups excluding carboxylic acids is 1. The normalized spacial score (nSPS) is 17.8. The molecule has 0 aromatic rings. The van der Waals surface area contributed by atoms with Crippen molar-refractivity contribution in [1.29, 1.82) is 0 Å². The van der Waals surface area contributed by atoms with Crippen LogP contribution in [0.15, 0.2) is 0 Å². The Kier molecular flexibility index (Phi) is 6.60. The molecule has 1 fully saturated rings. The highest BCUT2D eigenvalue weighted by Crippen LogP contribution is 2.11. The molecule has 0 aromatic carbocycles. The average molecular weight is 256 g/mol. The molecule has 18 heavy (non-hydrogen) atoms. The largest absolute Gasteiger partial charge is 0.343 e. The molecule has 1 amide bonds. The van der Waals surface area contributed by atoms with Crippen LogP contribution in [0.4, 0.5) is 0 Å². The minimum absolute atomic E-state index is 0.165. The van der Waals surface area contributed by atoms with Gasteiger partial charge >= 0.3 is 0 Å². The third-order valence-electron chi connectivity index (χ3n) is 3.66. The monoisotopic (exact) mass is 256 g/mol. The average Bonchev–Trinajstić information content (AvgIpc) is 2.86. The number of likely N-dealkylation sites (N-methyl/N-ethyl adjacent to an activating group) is 2. The molecular formula is C13H28N4O. The molecule has 1 unspecified atom stereocenters. The minimum atomic E-state index is 0.165. The van der Waals surface area contributed by atoms with Crippen LogP contribution < -0.4 is 5.73 Å². The van der Waals surface area contributed by atoms with Crippen molar-refractivity contribution in [1.82, 2.24) is 14.7 Å². The zero-order valence-electron chi connectivity index (χ0n) is 12.1. The summed E-state index contributed by atoms with van der Waals surface area (Å²) in [6.45, 7) is 4.34. The maximum absolute atomic E-state index is 12.1. The fourth-order valence-corrected chi connectivity index (χ4v) is 2.26. The summed E-state index contributed by atoms with van der Waals surface area (Å²) in [5, 5.41) is 0. The van der Waals surface area contributed by atoms with E-state index in [1.54, 1.807) is 0 Å². The van der Waals surface area contributed by atoms with Gasteiger partial charge in [0.25, 0.3) is 0 Å². The molecule has 2 N–H and O–H groups in total. The number of nitrogens with two attached hydrogens (primary N) is 1. The first kappa shape index (κ1) is 15.4. The Hall–Kier alpha value is -0.650. The lowest BCUT2D eigenvalue weighted by Gasteiger charge is -2.29. The summed E-state index contributed by atoms with van der Waals surface area (Å²) in [5.74, 6) is 0.264. The molecule has 0 radical (unpaired) electrons. The van der Waals surface area contributed by atoms with Crippen LogP contribution in [0.3, 0.4) is 0 Å². The summed E-state index contributed by atoms with van der Waals surface area (Å²) in [4.78, 5) is 18.4. The number of amides is 1. The molecule has 5 heteroatoms. The van der Waals surface area contributed by atoms with Crippen LogP contribution in [0.5, 0.6) is 0 Å². The van der Waals surface area contributed by atoms with Gasteiger partial charge in [-0.05, 0) is 34.0 Å². The maximum atomic E-state index is 12.1. The van der Waals surface area contributed by atoms with Crippen LogP contribution in [0, 0.1) is 0 Å². The molecule has 0 bridgehead atoms. The zero-order chi connectivity index (χ0) is 13.5. The molecule has 1 heterocycles. The Morgan fingerprint density at radius 3 is 2.33 bits per heavy atom. The van der Waals surface area contributed by atoms with Crippen LogP contribution in [0.25, 0.3) is 0 Å². The van der Waals surface area contributed by atoms with E-state index in [2.05, 4.69) is 30.9 Å². The predicted octanol–water partition coefficient (Wildman–Crippen LogP) is -0.180. The van der Waals surface area contributed by atoms with Crippen molar-refractivity contribution < 1.29 is 4.79 Å². The molecule has 0 saturated carbocycles. The van der Waals surface area contributed by atoms with Crippen molar-refractivity contribution in [3.8, 4) is 0 Å². The molecule has 106 valence electrons. The number of nitrogens with zero attached hydrogens (tertiary/aromatic N) is 3. The summed E-state index contributed by atoms with van der Waals surface area (Å²) < 4.78 is 0. The highest BCUT2D eigenvalue weighted by Gasteiger charge is 2.23. The van der Waals surface area contributed by atoms with Gasteiger partial charge in [0.15, 0.2) is 0 Å². The molecule has 0 aromatic heterocycles. The molecule has 1 aliphatic heterocycles. The van der Waals surface area contributed by atoms with E-state index in [4.69, 9.17) is 5.73 Å². The first-order chi connectivity index (χ1) is 8.54. The smallest absolute Gasteiger partial charge is 0.224 e. The van der Waals surface area contributed by atoms with Gasteiger partial charge in [-0.25, -0.2) is 0 Å². The van der Waals surface area contributed by atoms with Gasteiger partial charge in [-0.15, -0.1) is 0 Å². The Bertz CT molecular complexity index is 251. The quantitative estimate of drug-likeness (QED) is 0.686. The van der Waals surface area contributed by atoms with Crippen molar-refractivity contribution >= 4 is 5.91 Å². The summed E-state index contributed by atoms with van der Waals surface area (Å²) >= 11 is 0. The van der Waals surface area contributed by atoms with E-state index in [1.165, 1.54) is 0 Å². The SMILES string of the molecule is CN(C)CCN(C)C(CN)CC(=O)N1CCCC1. The van der Waals surface area contributed by atoms with E-state index < -0.39 is 0 Å². The Morgan fingerprint density at radius 1 is 1.22 bits per heavy atom. The van der Waals surface area contributed by atoms with Crippen LogP contribution in [-0.4, -0.2) is 80.5 Å². The van der Waals surface area contributed by atoms with Crippen molar-refractivity contribution in [2.24, 2.45) is 5.73 Å². The molecule has 0 aliphatic carbocycles. The van der Waals surface area contributed by atoms with E-state index >= 15 is 0 Å². The summed E-state index contributed by atoms with van der Waals surface area (Å²) in [7, 11) is 6.17. The number of carbonyl (C=O) groups is 1. The van der Waals surface area contributed by atoms with Crippen molar-refractivity contribution in [3.05, 3.63) is 0 Å². The Labute approximate surface area is 111 Å². The maximum Gasteiger partial charge on any atom is 0.224 e. The second-order valence-corrected chi connectivity index (χ2v) is 5.47. The lowest BCUT2D eigenvalue weighted by molar-refractivity contribution is -0.131. The Morgan fingerprint density at radius 2 is 1.83 bits per heavy atom. The Balaban J connectivity index is 2.37. The lowest BCUT2D eigenvalue weighted by Crippen LogP contribution is -2.44. The van der Waals surface area contributed by atoms with Crippen molar-refractivity contribution in [2.45, 2.75) is 25.3 Å². The van der Waals surface area contributed by atoms with E-state index in [-0.39, 0.29) is 11.9 Å². The first-order valence-electron chi connectivity index (χ1n) is 6.87. The van der Waals surface area contributed by atoms with E-state index in [0.717, 1.165) is 39.0 Å². The summed E-state index contributed by atoms with van der Waals surface area (Å²) in [6, 6.07) is 0.165. The molecule has 1 rings (SSSR count). The number of rotatable bonds is 7. The van der Waals surface area contributed by atoms with Gasteiger partial charge in [0, 0.05) is 45.2 Å². The molecule has 0 spiro atoms. The predicted molar refractivity (Wildman–Crippen MR) is 74.5 cm³/mol. The highest BCUT2D eigenvalue weighted by atomic mass is 16.2. The number of hydrogen-bond acceptors (Lipinski definition) is 4. The first-order valence-corrected chi connectivity index (χ1v) is 6.87. The third-order valence-corrected chi connectivity index (χ3v) is 3.66. The molecule has 1 atom stereocenters. The van der Waals surface area contributed by atoms with Crippen LogP contribution in [0.1, 0.15) is 19.3 Å². The van der Waals surface area contributed by atoms with Gasteiger partial charge in [0.2, 0.25) is 5.91 Å². The molecule has 1 saturated heterocycles. The molecule has 1 aliphatic rings. The summed E-state index contributed by atoms with van der Waals surface area (Å²) in [6.07, 6.45) is 2.85. The second-order valence-electron chi connectivity index (χ2n) is 5.47. The topological polar surface area (TPSA) is 52.8 Å². The minimum Gasteiger partial charge on any atom is -0.343 e. The summed E-state index contributed by atoms with van der Waals surface area (Å²) in [5.41, 5.74) is 5.80. The van der Waals surface area contributed by atoms with Gasteiger partial charge in [-0.1, -0.05) is 0 Å². The number of likely N-dealkylation sites (tertiary alicyclic amines) is 1. The molecular weight excluding hydrogens is 228 g/mol. The van der Waals surface area contributed by atoms with Crippen LogP contribution in [0.2, 0.25) is 0 Å². The van der Waals surface area contributed by atoms with Gasteiger partial charge in [-0.3, -0.25) is 4.79 Å². The van der Waals surface area contributed by atoms with Crippen molar-refractivity contribution in [2.75, 3.05) is 53.9 Å². The standard InChI is InChI=1S/C13H28N4O/c1-15(2)8-9-16(3)12(11-14)10-13(18)17-6-4-5-7-17/h12H,4-11,14H2,1-3H3. The zero-order valence-corrected chi connectivity index (χ0v) is 12.1. The van der Waals surface area contributed by atoms with Gasteiger partial charge < -0.3 is 20.4 Å². The number of hydrogen-bond donors (Lipinski definition) is 1. The van der Waals surface area contributed by atoms with Gasteiger partial charge in [0.05, 0.1) is 0 Å². The highest BCUT2D eigenvalue weighted by molar-refractivity contribution is 5.77. The van der Waals surface area contributed by atoms with E-state index in [9.17, 15) is 4.79 Å². The van der Waals surface area contributed by atoms with Crippen LogP contribution >= 0.6 is 0 Å². The van der Waals surface area contributed by atoms with Gasteiger partial charge in [0.1, 0.15) is 0 Å².